The smallest absolute Gasteiger partial charge is 0.124 e. The fourth-order valence-electron chi connectivity index (χ4n) is 2.37. The highest BCUT2D eigenvalue weighted by Gasteiger charge is 2.03. The van der Waals surface area contributed by atoms with Gasteiger partial charge in [-0.05, 0) is 30.3 Å². The van der Waals surface area contributed by atoms with Crippen molar-refractivity contribution in [2.75, 3.05) is 18.5 Å². The second-order valence-electron chi connectivity index (χ2n) is 5.34. The Bertz CT molecular complexity index is 729. The van der Waals surface area contributed by atoms with Gasteiger partial charge in [-0.15, -0.1) is 0 Å². The van der Waals surface area contributed by atoms with Gasteiger partial charge in [-0.1, -0.05) is 54.6 Å². The molecule has 0 aliphatic rings. The Morgan fingerprint density at radius 1 is 0.625 bits per heavy atom. The SMILES string of the molecule is c1ccc(NCc2ccccc2OCCOc2ccccc2)cc1. The largest absolute Gasteiger partial charge is 0.490 e. The monoisotopic (exact) mass is 319 g/mol. The minimum atomic E-state index is 0.511. The molecule has 122 valence electrons. The van der Waals surface area contributed by atoms with Crippen molar-refractivity contribution < 1.29 is 9.47 Å². The van der Waals surface area contributed by atoms with Crippen molar-refractivity contribution in [3.8, 4) is 11.5 Å². The van der Waals surface area contributed by atoms with E-state index in [1.54, 1.807) is 0 Å². The maximum Gasteiger partial charge on any atom is 0.124 e. The molecule has 0 saturated heterocycles. The molecule has 0 saturated carbocycles. The van der Waals surface area contributed by atoms with Crippen molar-refractivity contribution in [3.63, 3.8) is 0 Å². The van der Waals surface area contributed by atoms with E-state index in [0.717, 1.165) is 29.3 Å². The minimum Gasteiger partial charge on any atom is -0.490 e. The predicted molar refractivity (Wildman–Crippen MR) is 97.6 cm³/mol. The van der Waals surface area contributed by atoms with E-state index in [0.29, 0.717) is 13.2 Å². The minimum absolute atomic E-state index is 0.511. The van der Waals surface area contributed by atoms with E-state index in [2.05, 4.69) is 23.5 Å². The van der Waals surface area contributed by atoms with Gasteiger partial charge in [-0.3, -0.25) is 0 Å². The number of nitrogens with one attached hydrogen (secondary N) is 1. The van der Waals surface area contributed by atoms with Gasteiger partial charge in [-0.25, -0.2) is 0 Å². The molecule has 0 bridgehead atoms. The number of para-hydroxylation sites is 3. The van der Waals surface area contributed by atoms with Crippen molar-refractivity contribution in [2.24, 2.45) is 0 Å². The maximum absolute atomic E-state index is 5.88. The Hall–Kier alpha value is -2.94. The molecular weight excluding hydrogens is 298 g/mol. The summed E-state index contributed by atoms with van der Waals surface area (Å²) in [5, 5.41) is 3.41. The van der Waals surface area contributed by atoms with Crippen LogP contribution in [-0.4, -0.2) is 13.2 Å². The quantitative estimate of drug-likeness (QED) is 0.607. The lowest BCUT2D eigenvalue weighted by molar-refractivity contribution is 0.216. The number of ether oxygens (including phenoxy) is 2. The van der Waals surface area contributed by atoms with Crippen molar-refractivity contribution in [1.82, 2.24) is 0 Å². The molecule has 0 unspecified atom stereocenters. The molecule has 0 amide bonds. The highest BCUT2D eigenvalue weighted by molar-refractivity contribution is 5.45. The molecule has 0 aromatic heterocycles. The summed E-state index contributed by atoms with van der Waals surface area (Å²) in [6.07, 6.45) is 0. The van der Waals surface area contributed by atoms with Crippen molar-refractivity contribution in [3.05, 3.63) is 90.5 Å². The van der Waals surface area contributed by atoms with E-state index in [1.165, 1.54) is 0 Å². The van der Waals surface area contributed by atoms with Crippen LogP contribution in [0.1, 0.15) is 5.56 Å². The summed E-state index contributed by atoms with van der Waals surface area (Å²) >= 11 is 0. The molecule has 3 nitrogen and oxygen atoms in total. The highest BCUT2D eigenvalue weighted by Crippen LogP contribution is 2.19. The Kier molecular flexibility index (Phi) is 5.73. The van der Waals surface area contributed by atoms with Crippen LogP contribution in [0, 0.1) is 0 Å². The second-order valence-corrected chi connectivity index (χ2v) is 5.34. The van der Waals surface area contributed by atoms with Gasteiger partial charge in [0, 0.05) is 17.8 Å². The molecule has 0 heterocycles. The van der Waals surface area contributed by atoms with Gasteiger partial charge in [0.2, 0.25) is 0 Å². The average Bonchev–Trinajstić information content (AvgIpc) is 2.66. The van der Waals surface area contributed by atoms with E-state index >= 15 is 0 Å². The molecule has 1 N–H and O–H groups in total. The summed E-state index contributed by atoms with van der Waals surface area (Å²) in [5.74, 6) is 1.75. The highest BCUT2D eigenvalue weighted by atomic mass is 16.5. The zero-order chi connectivity index (χ0) is 16.5. The first-order valence-electron chi connectivity index (χ1n) is 8.09. The number of benzene rings is 3. The molecule has 0 aliphatic heterocycles. The third-order valence-corrected chi connectivity index (χ3v) is 3.58. The molecule has 0 aliphatic carbocycles. The van der Waals surface area contributed by atoms with E-state index in [9.17, 15) is 0 Å². The molecule has 0 spiro atoms. The van der Waals surface area contributed by atoms with Gasteiger partial charge < -0.3 is 14.8 Å². The third-order valence-electron chi connectivity index (χ3n) is 3.58. The summed E-state index contributed by atoms with van der Waals surface area (Å²) in [5.41, 5.74) is 2.22. The number of anilines is 1. The first-order chi connectivity index (χ1) is 11.9. The maximum atomic E-state index is 5.88. The number of hydrogen-bond donors (Lipinski definition) is 1. The molecule has 0 fully saturated rings. The molecule has 3 heteroatoms. The molecule has 3 aromatic rings. The number of rotatable bonds is 8. The van der Waals surface area contributed by atoms with E-state index in [1.807, 2.05) is 66.7 Å². The summed E-state index contributed by atoms with van der Waals surface area (Å²) < 4.78 is 11.5. The van der Waals surface area contributed by atoms with Gasteiger partial charge in [0.15, 0.2) is 0 Å². The molecule has 0 radical (unpaired) electrons. The van der Waals surface area contributed by atoms with Crippen LogP contribution in [0.2, 0.25) is 0 Å². The lowest BCUT2D eigenvalue weighted by atomic mass is 10.2. The Labute approximate surface area is 142 Å². The lowest BCUT2D eigenvalue weighted by Gasteiger charge is -2.13. The number of hydrogen-bond acceptors (Lipinski definition) is 3. The molecule has 24 heavy (non-hydrogen) atoms. The van der Waals surface area contributed by atoms with Crippen LogP contribution in [0.4, 0.5) is 5.69 Å². The first-order valence-corrected chi connectivity index (χ1v) is 8.09. The average molecular weight is 319 g/mol. The van der Waals surface area contributed by atoms with Gasteiger partial charge >= 0.3 is 0 Å². The zero-order valence-electron chi connectivity index (χ0n) is 13.5. The summed E-state index contributed by atoms with van der Waals surface area (Å²) in [6, 6.07) is 28.0. The van der Waals surface area contributed by atoms with Crippen molar-refractivity contribution in [2.45, 2.75) is 6.54 Å². The Morgan fingerprint density at radius 2 is 1.25 bits per heavy atom. The normalized spacial score (nSPS) is 10.2. The lowest BCUT2D eigenvalue weighted by Crippen LogP contribution is -2.10. The molecule has 0 atom stereocenters. The Balaban J connectivity index is 1.50. The van der Waals surface area contributed by atoms with E-state index in [4.69, 9.17) is 9.47 Å². The molecule has 3 aromatic carbocycles. The van der Waals surface area contributed by atoms with Crippen molar-refractivity contribution in [1.29, 1.82) is 0 Å². The zero-order valence-corrected chi connectivity index (χ0v) is 13.5. The van der Waals surface area contributed by atoms with Crippen LogP contribution in [0.25, 0.3) is 0 Å². The molecular formula is C21H21NO2. The topological polar surface area (TPSA) is 30.5 Å². The van der Waals surface area contributed by atoms with Crippen molar-refractivity contribution >= 4 is 5.69 Å². The van der Waals surface area contributed by atoms with E-state index in [-0.39, 0.29) is 0 Å². The van der Waals surface area contributed by atoms with E-state index < -0.39 is 0 Å². The van der Waals surface area contributed by atoms with Crippen LogP contribution >= 0.6 is 0 Å². The van der Waals surface area contributed by atoms with Crippen LogP contribution in [0.15, 0.2) is 84.9 Å². The summed E-state index contributed by atoms with van der Waals surface area (Å²) in [7, 11) is 0. The Morgan fingerprint density at radius 3 is 2.04 bits per heavy atom. The van der Waals surface area contributed by atoms with Crippen LogP contribution in [0.3, 0.4) is 0 Å². The van der Waals surface area contributed by atoms with Gasteiger partial charge in [0.25, 0.3) is 0 Å². The second kappa shape index (κ2) is 8.63. The van der Waals surface area contributed by atoms with Gasteiger partial charge in [0.05, 0.1) is 0 Å². The summed E-state index contributed by atoms with van der Waals surface area (Å²) in [4.78, 5) is 0. The van der Waals surface area contributed by atoms with Crippen LogP contribution in [0.5, 0.6) is 11.5 Å². The predicted octanol–water partition coefficient (Wildman–Crippen LogP) is 4.76. The standard InChI is InChI=1S/C21H21NO2/c1-3-10-19(11-4-1)22-17-18-9-7-8-14-21(18)24-16-15-23-20-12-5-2-6-13-20/h1-14,22H,15-17H2. The third kappa shape index (κ3) is 4.78. The summed E-state index contributed by atoms with van der Waals surface area (Å²) in [6.45, 7) is 1.75. The van der Waals surface area contributed by atoms with Crippen LogP contribution < -0.4 is 14.8 Å². The van der Waals surface area contributed by atoms with Gasteiger partial charge in [0.1, 0.15) is 24.7 Å². The fourth-order valence-corrected chi connectivity index (χ4v) is 2.37. The van der Waals surface area contributed by atoms with Crippen LogP contribution in [-0.2, 0) is 6.54 Å². The molecule has 3 rings (SSSR count). The van der Waals surface area contributed by atoms with Gasteiger partial charge in [-0.2, -0.15) is 0 Å². The fraction of sp³-hybridized carbons (Fsp3) is 0.143. The first kappa shape index (κ1) is 15.9.